The van der Waals surface area contributed by atoms with E-state index in [1.54, 1.807) is 18.5 Å². The van der Waals surface area contributed by atoms with Crippen LogP contribution >= 0.6 is 0 Å². The van der Waals surface area contributed by atoms with Gasteiger partial charge >= 0.3 is 0 Å². The van der Waals surface area contributed by atoms with Gasteiger partial charge in [-0.05, 0) is 18.1 Å². The van der Waals surface area contributed by atoms with Gasteiger partial charge in [0.2, 0.25) is 11.6 Å². The van der Waals surface area contributed by atoms with Gasteiger partial charge in [0.05, 0.1) is 6.54 Å². The molecule has 2 fully saturated rings. The quantitative estimate of drug-likeness (QED) is 0.817. The smallest absolute Gasteiger partial charge is 0.262 e. The zero-order valence-electron chi connectivity index (χ0n) is 12.0. The Morgan fingerprint density at radius 1 is 1.57 bits per heavy atom. The van der Waals surface area contributed by atoms with Crippen LogP contribution in [0, 0.1) is 5.92 Å². The molecule has 3 heterocycles. The highest BCUT2D eigenvalue weighted by molar-refractivity contribution is 5.88. The summed E-state index contributed by atoms with van der Waals surface area (Å²) in [4.78, 5) is 30.9. The van der Waals surface area contributed by atoms with E-state index in [9.17, 15) is 9.59 Å². The van der Waals surface area contributed by atoms with Crippen LogP contribution in [0.1, 0.15) is 18.9 Å². The molecule has 2 atom stereocenters. The minimum absolute atomic E-state index is 0.116. The fourth-order valence-electron chi connectivity index (χ4n) is 3.22. The number of nitrogens with zero attached hydrogens (tertiary/aromatic N) is 3. The molecule has 2 aliphatic rings. The van der Waals surface area contributed by atoms with E-state index >= 15 is 4.39 Å². The molecule has 2 aliphatic heterocycles. The van der Waals surface area contributed by atoms with Gasteiger partial charge in [0.15, 0.2) is 0 Å². The molecule has 0 radical (unpaired) electrons. The van der Waals surface area contributed by atoms with E-state index in [-0.39, 0.29) is 18.4 Å². The molecule has 0 spiro atoms. The van der Waals surface area contributed by atoms with Crippen molar-refractivity contribution in [1.82, 2.24) is 14.8 Å². The fraction of sp³-hybridized carbons (Fsp3) is 0.533. The third-order valence-electron chi connectivity index (χ3n) is 4.44. The SMILES string of the molecule is CC(=O)N1C[C@H]2CCN(Cc3cccnc3)C(=O)[C@@]2(F)C1. The Morgan fingerprint density at radius 2 is 2.38 bits per heavy atom. The normalized spacial score (nSPS) is 28.7. The van der Waals surface area contributed by atoms with Crippen molar-refractivity contribution in [3.05, 3.63) is 30.1 Å². The van der Waals surface area contributed by atoms with E-state index in [0.29, 0.717) is 26.1 Å². The molecule has 6 heteroatoms. The van der Waals surface area contributed by atoms with E-state index in [0.717, 1.165) is 5.56 Å². The number of amides is 2. The molecule has 21 heavy (non-hydrogen) atoms. The van der Waals surface area contributed by atoms with Crippen LogP contribution in [0.25, 0.3) is 0 Å². The number of hydrogen-bond acceptors (Lipinski definition) is 3. The number of alkyl halides is 1. The molecule has 0 saturated carbocycles. The summed E-state index contributed by atoms with van der Waals surface area (Å²) in [5.41, 5.74) is -1.04. The lowest BCUT2D eigenvalue weighted by atomic mass is 9.85. The summed E-state index contributed by atoms with van der Waals surface area (Å²) in [5, 5.41) is 0. The molecule has 1 aromatic heterocycles. The number of rotatable bonds is 2. The van der Waals surface area contributed by atoms with Gasteiger partial charge in [-0.3, -0.25) is 14.6 Å². The van der Waals surface area contributed by atoms with E-state index in [1.807, 2.05) is 6.07 Å². The molecule has 0 unspecified atom stereocenters. The Morgan fingerprint density at radius 3 is 3.05 bits per heavy atom. The molecule has 0 aliphatic carbocycles. The molecule has 3 rings (SSSR count). The third kappa shape index (κ3) is 2.39. The molecule has 112 valence electrons. The van der Waals surface area contributed by atoms with Crippen LogP contribution < -0.4 is 0 Å². The maximum absolute atomic E-state index is 15.1. The Bertz CT molecular complexity index is 565. The second-order valence-electron chi connectivity index (χ2n) is 5.84. The highest BCUT2D eigenvalue weighted by Gasteiger charge is 2.57. The molecule has 0 N–H and O–H groups in total. The second kappa shape index (κ2) is 5.09. The topological polar surface area (TPSA) is 53.5 Å². The van der Waals surface area contributed by atoms with Crippen LogP contribution in [0.4, 0.5) is 4.39 Å². The third-order valence-corrected chi connectivity index (χ3v) is 4.44. The van der Waals surface area contributed by atoms with Gasteiger partial charge in [0, 0.05) is 44.9 Å². The van der Waals surface area contributed by atoms with Crippen molar-refractivity contribution in [1.29, 1.82) is 0 Å². The average Bonchev–Trinajstić information content (AvgIpc) is 2.83. The summed E-state index contributed by atoms with van der Waals surface area (Å²) in [6.07, 6.45) is 3.93. The van der Waals surface area contributed by atoms with Gasteiger partial charge in [0.1, 0.15) is 0 Å². The van der Waals surface area contributed by atoms with Crippen molar-refractivity contribution in [2.45, 2.75) is 25.6 Å². The first-order valence-electron chi connectivity index (χ1n) is 7.13. The van der Waals surface area contributed by atoms with Crippen molar-refractivity contribution in [2.24, 2.45) is 5.92 Å². The van der Waals surface area contributed by atoms with E-state index in [1.165, 1.54) is 16.7 Å². The number of halogens is 1. The number of likely N-dealkylation sites (tertiary alicyclic amines) is 2. The highest BCUT2D eigenvalue weighted by atomic mass is 19.1. The lowest BCUT2D eigenvalue weighted by Crippen LogP contribution is -2.55. The Kier molecular flexibility index (Phi) is 3.39. The molecule has 2 saturated heterocycles. The first kappa shape index (κ1) is 14.0. The number of fused-ring (bicyclic) bond motifs is 1. The van der Waals surface area contributed by atoms with E-state index < -0.39 is 11.6 Å². The molecule has 0 aromatic carbocycles. The molecule has 1 aromatic rings. The number of aromatic nitrogens is 1. The Hall–Kier alpha value is -1.98. The van der Waals surface area contributed by atoms with Crippen LogP contribution in [0.3, 0.4) is 0 Å². The molecule has 0 bridgehead atoms. The summed E-state index contributed by atoms with van der Waals surface area (Å²) in [6.45, 7) is 2.53. The van der Waals surface area contributed by atoms with Crippen molar-refractivity contribution in [2.75, 3.05) is 19.6 Å². The van der Waals surface area contributed by atoms with Crippen molar-refractivity contribution in [3.63, 3.8) is 0 Å². The van der Waals surface area contributed by atoms with Gasteiger partial charge in [0.25, 0.3) is 5.91 Å². The predicted octanol–water partition coefficient (Wildman–Crippen LogP) is 1.00. The van der Waals surface area contributed by atoms with E-state index in [4.69, 9.17) is 0 Å². The van der Waals surface area contributed by atoms with Crippen molar-refractivity contribution < 1.29 is 14.0 Å². The zero-order chi connectivity index (χ0) is 15.0. The average molecular weight is 291 g/mol. The van der Waals surface area contributed by atoms with Gasteiger partial charge in [-0.25, -0.2) is 4.39 Å². The van der Waals surface area contributed by atoms with Crippen LogP contribution in [-0.4, -0.2) is 51.9 Å². The van der Waals surface area contributed by atoms with Gasteiger partial charge < -0.3 is 9.80 Å². The standard InChI is InChI=1S/C15H18FN3O2/c1-11(20)19-9-13-4-6-18(14(21)15(13,16)10-19)8-12-3-2-5-17-7-12/h2-3,5,7,13H,4,6,8-10H2,1H3/t13-,15-/m1/s1. The van der Waals surface area contributed by atoms with Gasteiger partial charge in [-0.1, -0.05) is 6.07 Å². The van der Waals surface area contributed by atoms with Crippen LogP contribution in [0.5, 0.6) is 0 Å². The highest BCUT2D eigenvalue weighted by Crippen LogP contribution is 2.39. The number of pyridine rings is 1. The summed E-state index contributed by atoms with van der Waals surface area (Å²) in [6, 6.07) is 3.67. The minimum atomic E-state index is -1.92. The molecular formula is C15H18FN3O2. The lowest BCUT2D eigenvalue weighted by Gasteiger charge is -2.37. The predicted molar refractivity (Wildman–Crippen MR) is 73.9 cm³/mol. The van der Waals surface area contributed by atoms with Gasteiger partial charge in [-0.15, -0.1) is 0 Å². The number of carbonyl (C=O) groups excluding carboxylic acids is 2. The van der Waals surface area contributed by atoms with Crippen LogP contribution in [0.2, 0.25) is 0 Å². The van der Waals surface area contributed by atoms with Gasteiger partial charge in [-0.2, -0.15) is 0 Å². The van der Waals surface area contributed by atoms with Crippen LogP contribution in [0.15, 0.2) is 24.5 Å². The zero-order valence-corrected chi connectivity index (χ0v) is 12.0. The maximum Gasteiger partial charge on any atom is 0.262 e. The monoisotopic (exact) mass is 291 g/mol. The van der Waals surface area contributed by atoms with Crippen LogP contribution in [-0.2, 0) is 16.1 Å². The summed E-state index contributed by atoms with van der Waals surface area (Å²) >= 11 is 0. The number of piperidine rings is 1. The summed E-state index contributed by atoms with van der Waals surface area (Å²) in [5.74, 6) is -1.04. The van der Waals surface area contributed by atoms with Crippen molar-refractivity contribution in [3.8, 4) is 0 Å². The summed E-state index contributed by atoms with van der Waals surface area (Å²) in [7, 11) is 0. The summed E-state index contributed by atoms with van der Waals surface area (Å²) < 4.78 is 15.1. The van der Waals surface area contributed by atoms with Crippen molar-refractivity contribution >= 4 is 11.8 Å². The Balaban J connectivity index is 1.77. The number of carbonyl (C=O) groups is 2. The minimum Gasteiger partial charge on any atom is -0.339 e. The largest absolute Gasteiger partial charge is 0.339 e. The molecular weight excluding hydrogens is 273 g/mol. The lowest BCUT2D eigenvalue weighted by molar-refractivity contribution is -0.151. The Labute approximate surface area is 122 Å². The fourth-order valence-corrected chi connectivity index (χ4v) is 3.22. The maximum atomic E-state index is 15.1. The number of hydrogen-bond donors (Lipinski definition) is 0. The second-order valence-corrected chi connectivity index (χ2v) is 5.84. The molecule has 2 amide bonds. The first-order chi connectivity index (χ1) is 10.0. The first-order valence-corrected chi connectivity index (χ1v) is 7.13. The molecule has 5 nitrogen and oxygen atoms in total. The van der Waals surface area contributed by atoms with E-state index in [2.05, 4.69) is 4.98 Å².